The van der Waals surface area contributed by atoms with Gasteiger partial charge in [0, 0.05) is 6.42 Å². The highest BCUT2D eigenvalue weighted by molar-refractivity contribution is 4.47. The van der Waals surface area contributed by atoms with Crippen LogP contribution >= 0.6 is 0 Å². The largest absolute Gasteiger partial charge is 0.345 e. The first-order valence-electron chi connectivity index (χ1n) is 3.00. The highest BCUT2D eigenvalue weighted by Crippen LogP contribution is 1.96. The molecule has 0 aliphatic carbocycles. The molecule has 0 aromatic rings. The van der Waals surface area contributed by atoms with E-state index >= 15 is 0 Å². The number of nitrogens with one attached hydrogen (secondary N) is 1. The fraction of sp³-hybridized carbons (Fsp3) is 1.00. The van der Waals surface area contributed by atoms with Crippen LogP contribution in [-0.2, 0) is 4.84 Å². The van der Waals surface area contributed by atoms with Crippen LogP contribution in [0.4, 0.5) is 0 Å². The molecule has 1 unspecified atom stereocenters. The molecule has 1 N–H and O–H groups in total. The molecule has 0 aromatic heterocycles. The van der Waals surface area contributed by atoms with Crippen LogP contribution in [-0.4, -0.2) is 13.3 Å². The molecule has 0 aliphatic rings. The Balaban J connectivity index is 3.28. The van der Waals surface area contributed by atoms with E-state index in [-0.39, 0.29) is 6.23 Å². The molecule has 0 aliphatic heterocycles. The van der Waals surface area contributed by atoms with E-state index in [4.69, 9.17) is 0 Å². The second kappa shape index (κ2) is 5.50. The van der Waals surface area contributed by atoms with E-state index in [2.05, 4.69) is 15.5 Å². The molecule has 4 nitrogen and oxygen atoms in total. The predicted molar refractivity (Wildman–Crippen MR) is 34.6 cm³/mol. The van der Waals surface area contributed by atoms with E-state index in [9.17, 15) is 4.91 Å². The van der Waals surface area contributed by atoms with Crippen molar-refractivity contribution in [1.29, 1.82) is 0 Å². The summed E-state index contributed by atoms with van der Waals surface area (Å²) in [6.07, 6.45) is 1.57. The number of nitrogens with zero attached hydrogens (tertiary/aromatic N) is 1. The van der Waals surface area contributed by atoms with Crippen molar-refractivity contribution in [2.24, 2.45) is 5.34 Å². The molecule has 0 radical (unpaired) electrons. The number of rotatable bonds is 5. The Morgan fingerprint density at radius 3 is 2.78 bits per heavy atom. The molecular weight excluding hydrogens is 120 g/mol. The van der Waals surface area contributed by atoms with Crippen LogP contribution in [0.25, 0.3) is 0 Å². The van der Waals surface area contributed by atoms with Crippen LogP contribution in [0.5, 0.6) is 0 Å². The molecule has 9 heavy (non-hydrogen) atoms. The normalized spacial score (nSPS) is 12.7. The Morgan fingerprint density at radius 1 is 1.78 bits per heavy atom. The zero-order chi connectivity index (χ0) is 7.11. The maximum Gasteiger partial charge on any atom is 0.181 e. The van der Waals surface area contributed by atoms with Crippen molar-refractivity contribution in [3.05, 3.63) is 4.91 Å². The van der Waals surface area contributed by atoms with Gasteiger partial charge < -0.3 is 4.84 Å². The lowest BCUT2D eigenvalue weighted by molar-refractivity contribution is 0.0301. The molecule has 0 bridgehead atoms. The van der Waals surface area contributed by atoms with Crippen LogP contribution in [0.1, 0.15) is 19.8 Å². The van der Waals surface area contributed by atoms with Gasteiger partial charge in [0.2, 0.25) is 0 Å². The Morgan fingerprint density at radius 2 is 2.44 bits per heavy atom. The average molecular weight is 132 g/mol. The lowest BCUT2D eigenvalue weighted by atomic mass is 10.3. The van der Waals surface area contributed by atoms with E-state index in [1.807, 2.05) is 6.92 Å². The smallest absolute Gasteiger partial charge is 0.181 e. The molecule has 0 saturated heterocycles. The third kappa shape index (κ3) is 3.90. The van der Waals surface area contributed by atoms with Gasteiger partial charge in [-0.15, -0.1) is 4.91 Å². The summed E-state index contributed by atoms with van der Waals surface area (Å²) in [6, 6.07) is 0. The average Bonchev–Trinajstić information content (AvgIpc) is 1.88. The van der Waals surface area contributed by atoms with Crippen molar-refractivity contribution >= 4 is 0 Å². The van der Waals surface area contributed by atoms with E-state index in [0.29, 0.717) is 0 Å². The fourth-order valence-electron chi connectivity index (χ4n) is 0.564. The van der Waals surface area contributed by atoms with Crippen molar-refractivity contribution in [2.45, 2.75) is 26.0 Å². The zero-order valence-corrected chi connectivity index (χ0v) is 5.76. The van der Waals surface area contributed by atoms with E-state index in [1.54, 1.807) is 7.05 Å². The molecule has 0 spiro atoms. The molecule has 1 atom stereocenters. The maximum atomic E-state index is 9.54. The van der Waals surface area contributed by atoms with Crippen molar-refractivity contribution in [3.63, 3.8) is 0 Å². The van der Waals surface area contributed by atoms with Crippen molar-refractivity contribution < 1.29 is 4.84 Å². The Bertz CT molecular complexity index is 77.4. The van der Waals surface area contributed by atoms with Gasteiger partial charge in [-0.3, -0.25) is 5.32 Å². The molecule has 0 fully saturated rings. The van der Waals surface area contributed by atoms with Gasteiger partial charge in [-0.1, -0.05) is 13.3 Å². The number of hydrogen-bond acceptors (Lipinski definition) is 4. The summed E-state index contributed by atoms with van der Waals surface area (Å²) in [5.74, 6) is 0. The lowest BCUT2D eigenvalue weighted by Gasteiger charge is -2.08. The molecule has 0 aromatic carbocycles. The predicted octanol–water partition coefficient (Wildman–Crippen LogP) is 1.03. The molecule has 54 valence electrons. The fourth-order valence-corrected chi connectivity index (χ4v) is 0.564. The summed E-state index contributed by atoms with van der Waals surface area (Å²) >= 11 is 0. The monoisotopic (exact) mass is 132 g/mol. The number of hydrogen-bond donors (Lipinski definition) is 1. The van der Waals surface area contributed by atoms with Crippen LogP contribution in [0.15, 0.2) is 5.34 Å². The lowest BCUT2D eigenvalue weighted by Crippen LogP contribution is -2.25. The van der Waals surface area contributed by atoms with Gasteiger partial charge in [-0.05, 0) is 7.05 Å². The van der Waals surface area contributed by atoms with Gasteiger partial charge in [-0.25, -0.2) is 0 Å². The minimum Gasteiger partial charge on any atom is -0.345 e. The summed E-state index contributed by atoms with van der Waals surface area (Å²) in [6.45, 7) is 2.01. The molecule has 0 amide bonds. The van der Waals surface area contributed by atoms with Gasteiger partial charge in [0.15, 0.2) is 11.6 Å². The summed E-state index contributed by atoms with van der Waals surface area (Å²) in [5, 5.41) is 5.10. The van der Waals surface area contributed by atoms with E-state index < -0.39 is 0 Å². The third-order valence-corrected chi connectivity index (χ3v) is 1.04. The molecule has 4 heteroatoms. The summed E-state index contributed by atoms with van der Waals surface area (Å²) in [4.78, 5) is 13.9. The SMILES string of the molecule is CCCC(NC)ON=O. The van der Waals surface area contributed by atoms with Crippen LogP contribution in [0, 0.1) is 4.91 Å². The highest BCUT2D eigenvalue weighted by atomic mass is 16.7. The van der Waals surface area contributed by atoms with Gasteiger partial charge in [0.05, 0.1) is 0 Å². The highest BCUT2D eigenvalue weighted by Gasteiger charge is 2.03. The first kappa shape index (κ1) is 8.36. The van der Waals surface area contributed by atoms with Gasteiger partial charge in [-0.2, -0.15) is 0 Å². The topological polar surface area (TPSA) is 50.7 Å². The summed E-state index contributed by atoms with van der Waals surface area (Å²) in [5.41, 5.74) is 0. The molecule has 0 heterocycles. The zero-order valence-electron chi connectivity index (χ0n) is 5.76. The molecular formula is C5H12N2O2. The summed E-state index contributed by atoms with van der Waals surface area (Å²) < 4.78 is 0. The second-order valence-electron chi connectivity index (χ2n) is 1.75. The van der Waals surface area contributed by atoms with Gasteiger partial charge in [0.1, 0.15) is 0 Å². The second-order valence-corrected chi connectivity index (χ2v) is 1.75. The minimum absolute atomic E-state index is 0.215. The van der Waals surface area contributed by atoms with Crippen molar-refractivity contribution in [1.82, 2.24) is 5.32 Å². The maximum absolute atomic E-state index is 9.54. The van der Waals surface area contributed by atoms with Crippen LogP contribution in [0.2, 0.25) is 0 Å². The van der Waals surface area contributed by atoms with Gasteiger partial charge in [0.25, 0.3) is 0 Å². The Kier molecular flexibility index (Phi) is 5.11. The van der Waals surface area contributed by atoms with E-state index in [0.717, 1.165) is 12.8 Å². The first-order chi connectivity index (χ1) is 4.35. The molecule has 0 saturated carbocycles. The van der Waals surface area contributed by atoms with Gasteiger partial charge >= 0.3 is 0 Å². The van der Waals surface area contributed by atoms with Crippen LogP contribution < -0.4 is 5.32 Å². The van der Waals surface area contributed by atoms with E-state index in [1.165, 1.54) is 0 Å². The van der Waals surface area contributed by atoms with Crippen molar-refractivity contribution in [2.75, 3.05) is 7.05 Å². The van der Waals surface area contributed by atoms with Crippen molar-refractivity contribution in [3.8, 4) is 0 Å². The molecule has 0 rings (SSSR count). The standard InChI is InChI=1S/C5H12N2O2/c1-3-4-5(6-2)9-7-8/h5-6H,3-4H2,1-2H3. The first-order valence-corrected chi connectivity index (χ1v) is 3.00. The Labute approximate surface area is 54.5 Å². The summed E-state index contributed by atoms with van der Waals surface area (Å²) in [7, 11) is 1.73. The quantitative estimate of drug-likeness (QED) is 0.345. The minimum atomic E-state index is -0.215. The Hall–Kier alpha value is -0.640. The third-order valence-electron chi connectivity index (χ3n) is 1.04. The van der Waals surface area contributed by atoms with Crippen LogP contribution in [0.3, 0.4) is 0 Å².